The lowest BCUT2D eigenvalue weighted by Crippen LogP contribution is -2.49. The van der Waals surface area contributed by atoms with Gasteiger partial charge in [-0.25, -0.2) is 0 Å². The molecule has 166 valence electrons. The third-order valence-electron chi connectivity index (χ3n) is 5.79. The second kappa shape index (κ2) is 11.3. The van der Waals surface area contributed by atoms with E-state index in [9.17, 15) is 9.59 Å². The molecule has 1 saturated heterocycles. The maximum atomic E-state index is 12.6. The number of piperazine rings is 1. The summed E-state index contributed by atoms with van der Waals surface area (Å²) in [6.07, 6.45) is 1.38. The zero-order valence-corrected chi connectivity index (χ0v) is 19.1. The van der Waals surface area contributed by atoms with Crippen LogP contribution < -0.4 is 0 Å². The van der Waals surface area contributed by atoms with Crippen LogP contribution in [0.5, 0.6) is 0 Å². The van der Waals surface area contributed by atoms with Crippen LogP contribution in [0.25, 0.3) is 0 Å². The van der Waals surface area contributed by atoms with E-state index < -0.39 is 0 Å². The number of amides is 1. The van der Waals surface area contributed by atoms with E-state index in [4.69, 9.17) is 16.3 Å². The quantitative estimate of drug-likeness (QED) is 0.568. The molecule has 5 nitrogen and oxygen atoms in total. The minimum atomic E-state index is -0.146. The van der Waals surface area contributed by atoms with Crippen LogP contribution in [0.3, 0.4) is 0 Å². The summed E-state index contributed by atoms with van der Waals surface area (Å²) >= 11 is 5.91. The van der Waals surface area contributed by atoms with Gasteiger partial charge >= 0.3 is 5.97 Å². The minimum Gasteiger partial charge on any atom is -0.466 e. The van der Waals surface area contributed by atoms with Crippen LogP contribution in [0.15, 0.2) is 48.5 Å². The number of carbonyl (C=O) groups excluding carboxylic acids is 2. The molecule has 0 spiro atoms. The van der Waals surface area contributed by atoms with Crippen molar-refractivity contribution in [3.05, 3.63) is 70.2 Å². The molecule has 1 unspecified atom stereocenters. The van der Waals surface area contributed by atoms with E-state index in [1.54, 1.807) is 24.3 Å². The zero-order valence-electron chi connectivity index (χ0n) is 18.4. The summed E-state index contributed by atoms with van der Waals surface area (Å²) in [5, 5.41) is 0.642. The molecule has 0 N–H and O–H groups in total. The second-order valence-corrected chi connectivity index (χ2v) is 8.48. The van der Waals surface area contributed by atoms with Gasteiger partial charge in [-0.3, -0.25) is 14.5 Å². The molecule has 0 aromatic heterocycles. The molecule has 6 heteroatoms. The van der Waals surface area contributed by atoms with E-state index >= 15 is 0 Å². The van der Waals surface area contributed by atoms with Gasteiger partial charge in [-0.2, -0.15) is 0 Å². The summed E-state index contributed by atoms with van der Waals surface area (Å²) in [5.41, 5.74) is 3.13. The van der Waals surface area contributed by atoms with Crippen molar-refractivity contribution in [2.24, 2.45) is 0 Å². The van der Waals surface area contributed by atoms with Crippen molar-refractivity contribution < 1.29 is 14.3 Å². The molecule has 1 heterocycles. The number of esters is 1. The largest absolute Gasteiger partial charge is 0.466 e. The molecule has 1 atom stereocenters. The number of carbonyl (C=O) groups is 2. The Morgan fingerprint density at radius 1 is 1.00 bits per heavy atom. The second-order valence-electron chi connectivity index (χ2n) is 8.04. The van der Waals surface area contributed by atoms with Crippen molar-refractivity contribution in [2.45, 2.75) is 32.6 Å². The van der Waals surface area contributed by atoms with Gasteiger partial charge in [0.1, 0.15) is 0 Å². The fourth-order valence-corrected chi connectivity index (χ4v) is 3.96. The van der Waals surface area contributed by atoms with E-state index in [-0.39, 0.29) is 17.8 Å². The number of rotatable bonds is 8. The molecular weight excluding hydrogens is 412 g/mol. The summed E-state index contributed by atoms with van der Waals surface area (Å²) < 4.78 is 5.04. The molecule has 1 fully saturated rings. The Hall–Kier alpha value is -2.37. The van der Waals surface area contributed by atoms with Crippen LogP contribution in [0, 0.1) is 0 Å². The highest BCUT2D eigenvalue weighted by molar-refractivity contribution is 6.30. The molecule has 2 aromatic rings. The Kier molecular flexibility index (Phi) is 8.50. The summed E-state index contributed by atoms with van der Waals surface area (Å²) in [5.74, 6) is 0.0796. The summed E-state index contributed by atoms with van der Waals surface area (Å²) in [6.45, 7) is 8.53. The Balaban J connectivity index is 1.42. The van der Waals surface area contributed by atoms with Crippen molar-refractivity contribution >= 4 is 23.5 Å². The molecular formula is C25H31ClN2O3. The molecule has 1 aliphatic heterocycles. The van der Waals surface area contributed by atoms with E-state index in [1.165, 1.54) is 5.56 Å². The van der Waals surface area contributed by atoms with Gasteiger partial charge in [-0.05, 0) is 54.7 Å². The van der Waals surface area contributed by atoms with E-state index in [1.807, 2.05) is 11.8 Å². The lowest BCUT2D eigenvalue weighted by molar-refractivity contribution is -0.143. The lowest BCUT2D eigenvalue weighted by Gasteiger charge is -2.34. The zero-order chi connectivity index (χ0) is 22.2. The number of halogens is 1. The summed E-state index contributed by atoms with van der Waals surface area (Å²) in [4.78, 5) is 28.6. The number of nitrogens with zero attached hydrogens (tertiary/aromatic N) is 2. The summed E-state index contributed by atoms with van der Waals surface area (Å²) in [7, 11) is 0. The molecule has 0 saturated carbocycles. The molecule has 1 aliphatic rings. The fraction of sp³-hybridized carbons (Fsp3) is 0.440. The number of ether oxygens (including phenoxy) is 1. The van der Waals surface area contributed by atoms with Gasteiger partial charge in [0, 0.05) is 43.3 Å². The first-order chi connectivity index (χ1) is 15.0. The Morgan fingerprint density at radius 2 is 1.65 bits per heavy atom. The minimum absolute atomic E-state index is 0.0730. The smallest absolute Gasteiger partial charge is 0.306 e. The average molecular weight is 443 g/mol. The Morgan fingerprint density at radius 3 is 2.26 bits per heavy atom. The summed E-state index contributed by atoms with van der Waals surface area (Å²) in [6, 6.07) is 15.6. The number of benzene rings is 2. The van der Waals surface area contributed by atoms with Gasteiger partial charge in [-0.1, -0.05) is 42.8 Å². The van der Waals surface area contributed by atoms with Gasteiger partial charge in [0.25, 0.3) is 5.91 Å². The van der Waals surface area contributed by atoms with Gasteiger partial charge in [0.15, 0.2) is 0 Å². The fourth-order valence-electron chi connectivity index (χ4n) is 3.84. The van der Waals surface area contributed by atoms with Crippen LogP contribution in [-0.4, -0.2) is 61.0 Å². The molecule has 0 radical (unpaired) electrons. The molecule has 2 aromatic carbocycles. The van der Waals surface area contributed by atoms with Gasteiger partial charge in [0.2, 0.25) is 0 Å². The third kappa shape index (κ3) is 6.81. The number of hydrogen-bond acceptors (Lipinski definition) is 4. The normalized spacial score (nSPS) is 15.5. The van der Waals surface area contributed by atoms with Crippen molar-refractivity contribution in [3.8, 4) is 0 Å². The van der Waals surface area contributed by atoms with E-state index in [2.05, 4.69) is 36.1 Å². The molecule has 0 bridgehead atoms. The number of hydrogen-bond donors (Lipinski definition) is 0. The van der Waals surface area contributed by atoms with E-state index in [0.717, 1.165) is 44.7 Å². The first-order valence-corrected chi connectivity index (χ1v) is 11.4. The Bertz CT molecular complexity index is 859. The SMILES string of the molecule is CCOC(=O)CC(C)c1ccc(CCN2CCN(C(=O)c3ccc(Cl)cc3)CC2)cc1. The first kappa shape index (κ1) is 23.3. The predicted molar refractivity (Wildman–Crippen MR) is 124 cm³/mol. The van der Waals surface area contributed by atoms with Gasteiger partial charge < -0.3 is 9.64 Å². The van der Waals surface area contributed by atoms with Gasteiger partial charge in [0.05, 0.1) is 13.0 Å². The van der Waals surface area contributed by atoms with Crippen molar-refractivity contribution in [2.75, 3.05) is 39.3 Å². The standard InChI is InChI=1S/C25H31ClN2O3/c1-3-31-24(29)18-19(2)21-6-4-20(5-7-21)12-13-27-14-16-28(17-15-27)25(30)22-8-10-23(26)11-9-22/h4-11,19H,3,12-18H2,1-2H3. The monoisotopic (exact) mass is 442 g/mol. The molecule has 1 amide bonds. The average Bonchev–Trinajstić information content (AvgIpc) is 2.78. The topological polar surface area (TPSA) is 49.9 Å². The highest BCUT2D eigenvalue weighted by Crippen LogP contribution is 2.20. The maximum absolute atomic E-state index is 12.6. The van der Waals surface area contributed by atoms with Crippen LogP contribution in [0.1, 0.15) is 47.7 Å². The molecule has 3 rings (SSSR count). The van der Waals surface area contributed by atoms with Crippen molar-refractivity contribution in [1.82, 2.24) is 9.80 Å². The maximum Gasteiger partial charge on any atom is 0.306 e. The molecule has 31 heavy (non-hydrogen) atoms. The van der Waals surface area contributed by atoms with E-state index in [0.29, 0.717) is 23.6 Å². The lowest BCUT2D eigenvalue weighted by atomic mass is 9.96. The van der Waals surface area contributed by atoms with Gasteiger partial charge in [-0.15, -0.1) is 0 Å². The van der Waals surface area contributed by atoms with Crippen molar-refractivity contribution in [3.63, 3.8) is 0 Å². The van der Waals surface area contributed by atoms with Crippen LogP contribution in [0.2, 0.25) is 5.02 Å². The third-order valence-corrected chi connectivity index (χ3v) is 6.05. The highest BCUT2D eigenvalue weighted by atomic mass is 35.5. The Labute approximate surface area is 189 Å². The first-order valence-electron chi connectivity index (χ1n) is 11.0. The van der Waals surface area contributed by atoms with Crippen LogP contribution in [0.4, 0.5) is 0 Å². The molecule has 0 aliphatic carbocycles. The van der Waals surface area contributed by atoms with Crippen LogP contribution >= 0.6 is 11.6 Å². The van der Waals surface area contributed by atoms with Crippen LogP contribution in [-0.2, 0) is 16.0 Å². The highest BCUT2D eigenvalue weighted by Gasteiger charge is 2.22. The van der Waals surface area contributed by atoms with Crippen molar-refractivity contribution in [1.29, 1.82) is 0 Å². The predicted octanol–water partition coefficient (Wildman–Crippen LogP) is 4.40.